The first-order valence-corrected chi connectivity index (χ1v) is 4.67. The first kappa shape index (κ1) is 9.70. The van der Waals surface area contributed by atoms with Crippen LogP contribution in [0.15, 0.2) is 0 Å². The van der Waals surface area contributed by atoms with Crippen LogP contribution in [0.2, 0.25) is 0 Å². The van der Waals surface area contributed by atoms with E-state index in [0.717, 1.165) is 17.0 Å². The predicted molar refractivity (Wildman–Crippen MR) is 57.1 cm³/mol. The summed E-state index contributed by atoms with van der Waals surface area (Å²) in [5, 5.41) is 8.56. The Bertz CT molecular complexity index is 487. The SMILES string of the molecule is Cc1nn(C)c(C)c1-c1nc(N)n(C)n1. The van der Waals surface area contributed by atoms with Gasteiger partial charge in [-0.25, -0.2) is 4.68 Å². The molecule has 6 nitrogen and oxygen atoms in total. The summed E-state index contributed by atoms with van der Waals surface area (Å²) in [5.74, 6) is 1.05. The molecule has 0 bridgehead atoms. The molecule has 0 unspecified atom stereocenters. The minimum Gasteiger partial charge on any atom is -0.368 e. The van der Waals surface area contributed by atoms with Crippen LogP contribution in [0.5, 0.6) is 0 Å². The molecule has 0 atom stereocenters. The van der Waals surface area contributed by atoms with E-state index in [1.807, 2.05) is 25.6 Å². The summed E-state index contributed by atoms with van der Waals surface area (Å²) in [6.45, 7) is 3.93. The number of nitrogen functional groups attached to an aromatic ring is 1. The molecule has 0 saturated heterocycles. The molecule has 0 aromatic carbocycles. The second-order valence-electron chi connectivity index (χ2n) is 3.59. The van der Waals surface area contributed by atoms with Crippen molar-refractivity contribution in [2.24, 2.45) is 14.1 Å². The van der Waals surface area contributed by atoms with Crippen LogP contribution >= 0.6 is 0 Å². The van der Waals surface area contributed by atoms with E-state index in [0.29, 0.717) is 11.8 Å². The maximum atomic E-state index is 5.65. The van der Waals surface area contributed by atoms with Gasteiger partial charge in [-0.15, -0.1) is 5.10 Å². The van der Waals surface area contributed by atoms with Crippen LogP contribution in [0, 0.1) is 13.8 Å². The van der Waals surface area contributed by atoms with Gasteiger partial charge in [-0.2, -0.15) is 10.1 Å². The van der Waals surface area contributed by atoms with Crippen LogP contribution in [0.1, 0.15) is 11.4 Å². The third-order valence-electron chi connectivity index (χ3n) is 2.53. The number of rotatable bonds is 1. The lowest BCUT2D eigenvalue weighted by atomic mass is 10.2. The van der Waals surface area contributed by atoms with Crippen molar-refractivity contribution in [3.63, 3.8) is 0 Å². The van der Waals surface area contributed by atoms with Gasteiger partial charge in [0.05, 0.1) is 11.3 Å². The Labute approximate surface area is 87.7 Å². The summed E-state index contributed by atoms with van der Waals surface area (Å²) < 4.78 is 3.37. The second kappa shape index (κ2) is 3.08. The number of anilines is 1. The standard InChI is InChI=1S/C9H14N6/c1-5-7(6(2)14(3)12-5)8-11-9(10)15(4)13-8/h1-4H3,(H2,10,11,13). The van der Waals surface area contributed by atoms with Gasteiger partial charge in [-0.3, -0.25) is 4.68 Å². The van der Waals surface area contributed by atoms with Gasteiger partial charge in [-0.1, -0.05) is 0 Å². The zero-order valence-electron chi connectivity index (χ0n) is 9.31. The molecular weight excluding hydrogens is 192 g/mol. The summed E-state index contributed by atoms with van der Waals surface area (Å²) in [4.78, 5) is 4.19. The summed E-state index contributed by atoms with van der Waals surface area (Å²) in [6.07, 6.45) is 0. The highest BCUT2D eigenvalue weighted by Crippen LogP contribution is 2.23. The number of aryl methyl sites for hydroxylation is 3. The van der Waals surface area contributed by atoms with E-state index in [4.69, 9.17) is 5.73 Å². The van der Waals surface area contributed by atoms with Crippen molar-refractivity contribution in [1.29, 1.82) is 0 Å². The van der Waals surface area contributed by atoms with Crippen LogP contribution in [-0.2, 0) is 14.1 Å². The second-order valence-corrected chi connectivity index (χ2v) is 3.59. The first-order chi connectivity index (χ1) is 7.00. The third-order valence-corrected chi connectivity index (χ3v) is 2.53. The molecule has 0 spiro atoms. The van der Waals surface area contributed by atoms with Crippen LogP contribution in [0.25, 0.3) is 11.4 Å². The Kier molecular flexibility index (Phi) is 1.99. The molecule has 2 aromatic rings. The van der Waals surface area contributed by atoms with Crippen LogP contribution in [0.4, 0.5) is 5.95 Å². The van der Waals surface area contributed by atoms with Crippen molar-refractivity contribution in [1.82, 2.24) is 24.5 Å². The Balaban J connectivity index is 2.63. The van der Waals surface area contributed by atoms with Crippen molar-refractivity contribution in [2.75, 3.05) is 5.73 Å². The Morgan fingerprint density at radius 2 is 1.73 bits per heavy atom. The Hall–Kier alpha value is -1.85. The molecule has 2 aromatic heterocycles. The van der Waals surface area contributed by atoms with Crippen molar-refractivity contribution in [2.45, 2.75) is 13.8 Å². The molecule has 15 heavy (non-hydrogen) atoms. The molecule has 0 amide bonds. The maximum Gasteiger partial charge on any atom is 0.218 e. The fraction of sp³-hybridized carbons (Fsp3) is 0.444. The van der Waals surface area contributed by atoms with Crippen LogP contribution < -0.4 is 5.73 Å². The summed E-state index contributed by atoms with van der Waals surface area (Å²) in [7, 11) is 3.67. The molecule has 6 heteroatoms. The lowest BCUT2D eigenvalue weighted by Gasteiger charge is -1.95. The number of aromatic nitrogens is 5. The van der Waals surface area contributed by atoms with Gasteiger partial charge >= 0.3 is 0 Å². The number of hydrogen-bond acceptors (Lipinski definition) is 4. The average molecular weight is 206 g/mol. The minimum atomic E-state index is 0.410. The lowest BCUT2D eigenvalue weighted by molar-refractivity contribution is 0.731. The molecule has 0 fully saturated rings. The van der Waals surface area contributed by atoms with Gasteiger partial charge in [0.2, 0.25) is 5.95 Å². The van der Waals surface area contributed by atoms with Gasteiger partial charge in [0.1, 0.15) is 0 Å². The van der Waals surface area contributed by atoms with E-state index >= 15 is 0 Å². The van der Waals surface area contributed by atoms with Gasteiger partial charge in [0.15, 0.2) is 5.82 Å². The van der Waals surface area contributed by atoms with Crippen molar-refractivity contribution in [3.8, 4) is 11.4 Å². The van der Waals surface area contributed by atoms with Crippen LogP contribution in [0.3, 0.4) is 0 Å². The Morgan fingerprint density at radius 1 is 1.07 bits per heavy atom. The number of hydrogen-bond donors (Lipinski definition) is 1. The molecule has 0 radical (unpaired) electrons. The monoisotopic (exact) mass is 206 g/mol. The van der Waals surface area contributed by atoms with Crippen molar-refractivity contribution in [3.05, 3.63) is 11.4 Å². The summed E-state index contributed by atoms with van der Waals surface area (Å²) in [6, 6.07) is 0. The first-order valence-electron chi connectivity index (χ1n) is 4.67. The molecule has 0 aliphatic rings. The molecule has 0 saturated carbocycles. The zero-order chi connectivity index (χ0) is 11.2. The van der Waals surface area contributed by atoms with Crippen LogP contribution in [-0.4, -0.2) is 24.5 Å². The number of nitrogens with two attached hydrogens (primary N) is 1. The summed E-state index contributed by atoms with van der Waals surface area (Å²) in [5.41, 5.74) is 8.57. The van der Waals surface area contributed by atoms with Gasteiger partial charge in [0.25, 0.3) is 0 Å². The smallest absolute Gasteiger partial charge is 0.218 e. The maximum absolute atomic E-state index is 5.65. The largest absolute Gasteiger partial charge is 0.368 e. The number of nitrogens with zero attached hydrogens (tertiary/aromatic N) is 5. The molecular formula is C9H14N6. The van der Waals surface area contributed by atoms with E-state index in [9.17, 15) is 0 Å². The highest BCUT2D eigenvalue weighted by atomic mass is 15.4. The zero-order valence-corrected chi connectivity index (χ0v) is 9.31. The predicted octanol–water partition coefficient (Wildman–Crippen LogP) is 0.415. The summed E-state index contributed by atoms with van der Waals surface area (Å²) >= 11 is 0. The highest BCUT2D eigenvalue weighted by molar-refractivity contribution is 5.61. The molecule has 0 aliphatic heterocycles. The molecule has 0 aliphatic carbocycles. The normalized spacial score (nSPS) is 10.9. The van der Waals surface area contributed by atoms with Gasteiger partial charge in [-0.05, 0) is 13.8 Å². The quantitative estimate of drug-likeness (QED) is 0.733. The van der Waals surface area contributed by atoms with E-state index < -0.39 is 0 Å². The topological polar surface area (TPSA) is 74.6 Å². The minimum absolute atomic E-state index is 0.410. The molecule has 80 valence electrons. The molecule has 2 rings (SSSR count). The molecule has 2 N–H and O–H groups in total. The van der Waals surface area contributed by atoms with E-state index in [1.165, 1.54) is 0 Å². The van der Waals surface area contributed by atoms with E-state index in [-0.39, 0.29) is 0 Å². The van der Waals surface area contributed by atoms with Crippen molar-refractivity contribution >= 4 is 5.95 Å². The van der Waals surface area contributed by atoms with Gasteiger partial charge < -0.3 is 5.73 Å². The van der Waals surface area contributed by atoms with E-state index in [2.05, 4.69) is 15.2 Å². The third kappa shape index (κ3) is 1.38. The highest BCUT2D eigenvalue weighted by Gasteiger charge is 2.16. The van der Waals surface area contributed by atoms with Gasteiger partial charge in [0, 0.05) is 19.8 Å². The Morgan fingerprint density at radius 3 is 2.13 bits per heavy atom. The molecule has 2 heterocycles. The average Bonchev–Trinajstić information content (AvgIpc) is 2.57. The van der Waals surface area contributed by atoms with Crippen molar-refractivity contribution < 1.29 is 0 Å². The fourth-order valence-corrected chi connectivity index (χ4v) is 1.60. The lowest BCUT2D eigenvalue weighted by Crippen LogP contribution is -1.97. The fourth-order valence-electron chi connectivity index (χ4n) is 1.60. The van der Waals surface area contributed by atoms with E-state index in [1.54, 1.807) is 11.7 Å².